The zero-order valence-electron chi connectivity index (χ0n) is 10.6. The summed E-state index contributed by atoms with van der Waals surface area (Å²) in [5.74, 6) is -0.975. The van der Waals surface area contributed by atoms with Crippen LogP contribution in [0.25, 0.3) is 0 Å². The normalized spacial score (nSPS) is 17.7. The van der Waals surface area contributed by atoms with Gasteiger partial charge in [-0.1, -0.05) is 23.2 Å². The van der Waals surface area contributed by atoms with Crippen molar-refractivity contribution in [1.82, 2.24) is 9.80 Å². The number of benzene rings is 1. The molecule has 104 valence electrons. The maximum Gasteiger partial charge on any atom is 0.179 e. The van der Waals surface area contributed by atoms with Crippen molar-refractivity contribution in [3.8, 4) is 0 Å². The number of Topliss-reactive ketones (excluding diaryl/α,β-unsaturated/α-hetero) is 1. The fourth-order valence-electron chi connectivity index (χ4n) is 2.05. The number of carbonyl (C=O) groups excluding carboxylic acids is 1. The van der Waals surface area contributed by atoms with Gasteiger partial charge in [-0.2, -0.15) is 0 Å². The minimum atomic E-state index is -0.690. The van der Waals surface area contributed by atoms with Gasteiger partial charge in [-0.3, -0.25) is 9.69 Å². The van der Waals surface area contributed by atoms with Crippen LogP contribution in [0.4, 0.5) is 4.39 Å². The molecule has 0 radical (unpaired) electrons. The maximum absolute atomic E-state index is 13.8. The second-order valence-electron chi connectivity index (χ2n) is 4.75. The highest BCUT2D eigenvalue weighted by Crippen LogP contribution is 2.24. The summed E-state index contributed by atoms with van der Waals surface area (Å²) in [5, 5.41) is 0.155. The van der Waals surface area contributed by atoms with E-state index in [1.54, 1.807) is 0 Å². The molecule has 0 atom stereocenters. The first-order chi connectivity index (χ1) is 8.97. The first kappa shape index (κ1) is 14.7. The molecule has 0 saturated carbocycles. The second-order valence-corrected chi connectivity index (χ2v) is 5.60. The maximum atomic E-state index is 13.8. The molecule has 1 aliphatic rings. The number of likely N-dealkylation sites (N-methyl/N-ethyl adjacent to an activating group) is 1. The molecule has 1 aromatic rings. The van der Waals surface area contributed by atoms with Gasteiger partial charge in [-0.15, -0.1) is 0 Å². The molecule has 19 heavy (non-hydrogen) atoms. The van der Waals surface area contributed by atoms with Crippen molar-refractivity contribution in [2.75, 3.05) is 39.8 Å². The Morgan fingerprint density at radius 2 is 1.89 bits per heavy atom. The van der Waals surface area contributed by atoms with Crippen molar-refractivity contribution in [3.05, 3.63) is 33.6 Å². The molecule has 1 aromatic carbocycles. The molecule has 0 N–H and O–H groups in total. The van der Waals surface area contributed by atoms with Crippen LogP contribution in [0.15, 0.2) is 12.1 Å². The second kappa shape index (κ2) is 6.18. The van der Waals surface area contributed by atoms with Crippen LogP contribution in [0.5, 0.6) is 0 Å². The Morgan fingerprint density at radius 3 is 2.53 bits per heavy atom. The SMILES string of the molecule is CN1CCN(CC(=O)c2cc(Cl)cc(Cl)c2F)CC1. The summed E-state index contributed by atoms with van der Waals surface area (Å²) in [5.41, 5.74) is -0.0311. The van der Waals surface area contributed by atoms with Gasteiger partial charge in [-0.25, -0.2) is 4.39 Å². The predicted molar refractivity (Wildman–Crippen MR) is 74.7 cm³/mol. The van der Waals surface area contributed by atoms with Crippen molar-refractivity contribution in [2.24, 2.45) is 0 Å². The minimum absolute atomic E-state index is 0.0311. The van der Waals surface area contributed by atoms with Gasteiger partial charge < -0.3 is 4.90 Å². The molecule has 1 aliphatic heterocycles. The number of carbonyl (C=O) groups is 1. The molecular formula is C13H15Cl2FN2O. The molecule has 6 heteroatoms. The third-order valence-corrected chi connectivity index (χ3v) is 3.75. The molecule has 1 saturated heterocycles. The fourth-order valence-corrected chi connectivity index (χ4v) is 2.55. The van der Waals surface area contributed by atoms with Gasteiger partial charge in [0.05, 0.1) is 17.1 Å². The van der Waals surface area contributed by atoms with Crippen molar-refractivity contribution in [3.63, 3.8) is 0 Å². The standard InChI is InChI=1S/C13H15Cl2FN2O/c1-17-2-4-18(5-3-17)8-12(19)10-6-9(14)7-11(15)13(10)16/h6-7H,2-5,8H2,1H3. The van der Waals surface area contributed by atoms with Crippen LogP contribution < -0.4 is 0 Å². The first-order valence-electron chi connectivity index (χ1n) is 6.06. The Morgan fingerprint density at radius 1 is 1.26 bits per heavy atom. The summed E-state index contributed by atoms with van der Waals surface area (Å²) in [6.45, 7) is 3.62. The molecule has 1 fully saturated rings. The number of halogens is 3. The van der Waals surface area contributed by atoms with Gasteiger partial charge in [0.2, 0.25) is 0 Å². The lowest BCUT2D eigenvalue weighted by Gasteiger charge is -2.31. The number of ketones is 1. The summed E-state index contributed by atoms with van der Waals surface area (Å²) in [4.78, 5) is 16.3. The summed E-state index contributed by atoms with van der Waals surface area (Å²) in [6.07, 6.45) is 0. The highest BCUT2D eigenvalue weighted by molar-refractivity contribution is 6.35. The molecule has 0 amide bonds. The molecule has 0 aliphatic carbocycles. The predicted octanol–water partition coefficient (Wildman–Crippen LogP) is 2.56. The minimum Gasteiger partial charge on any atom is -0.304 e. The number of hydrogen-bond donors (Lipinski definition) is 0. The lowest BCUT2D eigenvalue weighted by atomic mass is 10.1. The highest BCUT2D eigenvalue weighted by Gasteiger charge is 2.21. The number of rotatable bonds is 3. The van der Waals surface area contributed by atoms with Gasteiger partial charge in [0, 0.05) is 31.2 Å². The Labute approximate surface area is 121 Å². The van der Waals surface area contributed by atoms with Gasteiger partial charge >= 0.3 is 0 Å². The molecule has 3 nitrogen and oxygen atoms in total. The summed E-state index contributed by atoms with van der Waals surface area (Å²) < 4.78 is 13.8. The van der Waals surface area contributed by atoms with Crippen LogP contribution in [-0.4, -0.2) is 55.4 Å². The lowest BCUT2D eigenvalue weighted by Crippen LogP contribution is -2.46. The molecule has 0 bridgehead atoms. The Kier molecular flexibility index (Phi) is 4.79. The van der Waals surface area contributed by atoms with E-state index in [0.717, 1.165) is 26.2 Å². The van der Waals surface area contributed by atoms with Crippen LogP contribution >= 0.6 is 23.2 Å². The van der Waals surface area contributed by atoms with E-state index >= 15 is 0 Å². The van der Waals surface area contributed by atoms with E-state index in [9.17, 15) is 9.18 Å². The average molecular weight is 305 g/mol. The fraction of sp³-hybridized carbons (Fsp3) is 0.462. The molecular weight excluding hydrogens is 290 g/mol. The third-order valence-electron chi connectivity index (χ3n) is 3.26. The van der Waals surface area contributed by atoms with E-state index in [2.05, 4.69) is 4.90 Å². The monoisotopic (exact) mass is 304 g/mol. The molecule has 0 spiro atoms. The average Bonchev–Trinajstić information content (AvgIpc) is 2.36. The van der Waals surface area contributed by atoms with Crippen molar-refractivity contribution >= 4 is 29.0 Å². The Bertz CT molecular complexity index is 488. The number of nitrogens with zero attached hydrogens (tertiary/aromatic N) is 2. The smallest absolute Gasteiger partial charge is 0.179 e. The van der Waals surface area contributed by atoms with Crippen LogP contribution in [0.2, 0.25) is 10.0 Å². The quantitative estimate of drug-likeness (QED) is 0.633. The summed E-state index contributed by atoms with van der Waals surface area (Å²) in [6, 6.07) is 2.63. The molecule has 0 aromatic heterocycles. The zero-order valence-corrected chi connectivity index (χ0v) is 12.1. The Hall–Kier alpha value is -0.680. The van der Waals surface area contributed by atoms with E-state index in [4.69, 9.17) is 23.2 Å². The van der Waals surface area contributed by atoms with E-state index in [1.807, 2.05) is 11.9 Å². The van der Waals surface area contributed by atoms with Crippen molar-refractivity contribution < 1.29 is 9.18 Å². The van der Waals surface area contributed by atoms with E-state index in [-0.39, 0.29) is 27.9 Å². The number of piperazine rings is 1. The van der Waals surface area contributed by atoms with Gasteiger partial charge in [0.25, 0.3) is 0 Å². The third kappa shape index (κ3) is 3.66. The van der Waals surface area contributed by atoms with Crippen LogP contribution in [0, 0.1) is 5.82 Å². The highest BCUT2D eigenvalue weighted by atomic mass is 35.5. The molecule has 0 unspecified atom stereocenters. The summed E-state index contributed by atoms with van der Waals surface area (Å²) in [7, 11) is 2.04. The van der Waals surface area contributed by atoms with Crippen LogP contribution in [-0.2, 0) is 0 Å². The van der Waals surface area contributed by atoms with Gasteiger partial charge in [0.15, 0.2) is 11.6 Å². The summed E-state index contributed by atoms with van der Waals surface area (Å²) >= 11 is 11.5. The van der Waals surface area contributed by atoms with E-state index < -0.39 is 5.82 Å². The molecule has 1 heterocycles. The largest absolute Gasteiger partial charge is 0.304 e. The first-order valence-corrected chi connectivity index (χ1v) is 6.81. The topological polar surface area (TPSA) is 23.6 Å². The lowest BCUT2D eigenvalue weighted by molar-refractivity contribution is 0.0872. The number of hydrogen-bond acceptors (Lipinski definition) is 3. The van der Waals surface area contributed by atoms with E-state index in [0.29, 0.717) is 0 Å². The molecule has 2 rings (SSSR count). The van der Waals surface area contributed by atoms with Crippen molar-refractivity contribution in [1.29, 1.82) is 0 Å². The van der Waals surface area contributed by atoms with Crippen molar-refractivity contribution in [2.45, 2.75) is 0 Å². The van der Waals surface area contributed by atoms with E-state index in [1.165, 1.54) is 12.1 Å². The van der Waals surface area contributed by atoms with Crippen LogP contribution in [0.1, 0.15) is 10.4 Å². The Balaban J connectivity index is 2.08. The van der Waals surface area contributed by atoms with Crippen LogP contribution in [0.3, 0.4) is 0 Å². The van der Waals surface area contributed by atoms with Gasteiger partial charge in [-0.05, 0) is 19.2 Å². The van der Waals surface area contributed by atoms with Gasteiger partial charge in [0.1, 0.15) is 0 Å². The zero-order chi connectivity index (χ0) is 14.0.